The molecule has 168 valence electrons. The number of rotatable bonds is 8. The van der Waals surface area contributed by atoms with Crippen LogP contribution in [0.1, 0.15) is 24.5 Å². The third kappa shape index (κ3) is 5.17. The summed E-state index contributed by atoms with van der Waals surface area (Å²) in [6.45, 7) is 2.42. The van der Waals surface area contributed by atoms with E-state index < -0.39 is 11.2 Å². The maximum Gasteiger partial charge on any atom is 0.329 e. The smallest absolute Gasteiger partial charge is 0.303 e. The van der Waals surface area contributed by atoms with Crippen molar-refractivity contribution in [2.75, 3.05) is 5.43 Å². The lowest BCUT2D eigenvalue weighted by atomic mass is 10.1. The van der Waals surface area contributed by atoms with Crippen LogP contribution in [-0.2, 0) is 20.0 Å². The molecule has 0 saturated heterocycles. The Labute approximate surface area is 190 Å². The van der Waals surface area contributed by atoms with Crippen LogP contribution in [0.3, 0.4) is 0 Å². The fourth-order valence-electron chi connectivity index (χ4n) is 3.58. The fraction of sp³-hybridized carbons (Fsp3) is 0.200. The number of hydrogen-bond donors (Lipinski definition) is 2. The van der Waals surface area contributed by atoms with Crippen molar-refractivity contribution in [1.82, 2.24) is 19.1 Å². The van der Waals surface area contributed by atoms with Crippen LogP contribution in [0.4, 0.5) is 5.95 Å². The van der Waals surface area contributed by atoms with Gasteiger partial charge in [0.15, 0.2) is 11.2 Å². The average Bonchev–Trinajstić information content (AvgIpc) is 3.20. The van der Waals surface area contributed by atoms with Crippen molar-refractivity contribution < 1.29 is 0 Å². The quantitative estimate of drug-likeness (QED) is 0.322. The minimum Gasteiger partial charge on any atom is -0.303 e. The standard InChI is InChI=1S/C25H26N6O2/c1-18(15-16-20-12-7-4-8-13-20)28-29-24-26-22-21(23(32)27-25(33)30(22)2)31(24)17-9-14-19-10-5-3-6-11-19/h3-8,10-13,15-16H,9,14,17H2,1-2H3,(H,26,29)(H,27,32,33). The lowest BCUT2D eigenvalue weighted by Crippen LogP contribution is -2.29. The van der Waals surface area contributed by atoms with Gasteiger partial charge in [0.25, 0.3) is 5.56 Å². The summed E-state index contributed by atoms with van der Waals surface area (Å²) in [7, 11) is 1.59. The van der Waals surface area contributed by atoms with Gasteiger partial charge in [0.05, 0.1) is 5.71 Å². The van der Waals surface area contributed by atoms with E-state index in [1.54, 1.807) is 11.6 Å². The Morgan fingerprint density at radius 1 is 1.09 bits per heavy atom. The SMILES string of the molecule is CC(C=Cc1ccccc1)=NNc1nc2c(c(=O)[nH]c(=O)n2C)n1CCCc1ccccc1. The van der Waals surface area contributed by atoms with Gasteiger partial charge in [-0.15, -0.1) is 0 Å². The van der Waals surface area contributed by atoms with Crippen LogP contribution in [0.5, 0.6) is 0 Å². The first-order chi connectivity index (χ1) is 16.0. The highest BCUT2D eigenvalue weighted by molar-refractivity contribution is 5.96. The van der Waals surface area contributed by atoms with Crippen LogP contribution >= 0.6 is 0 Å². The minimum absolute atomic E-state index is 0.318. The number of nitrogens with zero attached hydrogens (tertiary/aromatic N) is 4. The molecule has 33 heavy (non-hydrogen) atoms. The molecule has 0 aliphatic rings. The predicted molar refractivity (Wildman–Crippen MR) is 133 cm³/mol. The average molecular weight is 443 g/mol. The Kier molecular flexibility index (Phi) is 6.64. The molecule has 4 rings (SSSR count). The van der Waals surface area contributed by atoms with E-state index in [1.165, 1.54) is 10.1 Å². The highest BCUT2D eigenvalue weighted by Crippen LogP contribution is 2.17. The third-order valence-corrected chi connectivity index (χ3v) is 5.35. The number of benzene rings is 2. The van der Waals surface area contributed by atoms with Gasteiger partial charge < -0.3 is 4.57 Å². The topological polar surface area (TPSA) is 97.1 Å². The molecule has 2 heterocycles. The Bertz CT molecular complexity index is 1410. The molecule has 2 aromatic heterocycles. The molecule has 0 aliphatic carbocycles. The molecule has 0 fully saturated rings. The van der Waals surface area contributed by atoms with Crippen molar-refractivity contribution in [3.63, 3.8) is 0 Å². The molecular weight excluding hydrogens is 416 g/mol. The van der Waals surface area contributed by atoms with E-state index in [-0.39, 0.29) is 0 Å². The molecule has 0 amide bonds. The molecule has 2 aromatic carbocycles. The van der Waals surface area contributed by atoms with Gasteiger partial charge in [0.2, 0.25) is 5.95 Å². The van der Waals surface area contributed by atoms with Gasteiger partial charge in [-0.25, -0.2) is 10.2 Å². The molecule has 0 unspecified atom stereocenters. The molecule has 2 N–H and O–H groups in total. The first-order valence-corrected chi connectivity index (χ1v) is 10.8. The summed E-state index contributed by atoms with van der Waals surface area (Å²) in [6.07, 6.45) is 5.51. The first kappa shape index (κ1) is 22.0. The van der Waals surface area contributed by atoms with E-state index in [0.29, 0.717) is 23.7 Å². The maximum atomic E-state index is 12.6. The van der Waals surface area contributed by atoms with E-state index in [9.17, 15) is 9.59 Å². The summed E-state index contributed by atoms with van der Waals surface area (Å²) >= 11 is 0. The van der Waals surface area contributed by atoms with Gasteiger partial charge >= 0.3 is 5.69 Å². The number of aromatic amines is 1. The van der Waals surface area contributed by atoms with Crippen molar-refractivity contribution in [3.05, 3.63) is 98.7 Å². The van der Waals surface area contributed by atoms with Crippen molar-refractivity contribution in [2.45, 2.75) is 26.3 Å². The molecule has 8 heteroatoms. The Hall–Kier alpha value is -4.20. The first-order valence-electron chi connectivity index (χ1n) is 10.8. The minimum atomic E-state index is -0.501. The maximum absolute atomic E-state index is 12.6. The van der Waals surface area contributed by atoms with Crippen LogP contribution in [0.2, 0.25) is 0 Å². The second kappa shape index (κ2) is 9.95. The van der Waals surface area contributed by atoms with Crippen molar-refractivity contribution >= 4 is 28.9 Å². The number of aromatic nitrogens is 4. The van der Waals surface area contributed by atoms with Crippen LogP contribution in [0.15, 0.2) is 81.4 Å². The van der Waals surface area contributed by atoms with Crippen LogP contribution in [0.25, 0.3) is 17.2 Å². The van der Waals surface area contributed by atoms with Crippen LogP contribution in [0, 0.1) is 0 Å². The number of fused-ring (bicyclic) bond motifs is 1. The number of imidazole rings is 1. The van der Waals surface area contributed by atoms with Crippen molar-refractivity contribution in [1.29, 1.82) is 0 Å². The highest BCUT2D eigenvalue weighted by Gasteiger charge is 2.17. The Morgan fingerprint density at radius 3 is 2.52 bits per heavy atom. The zero-order chi connectivity index (χ0) is 23.2. The van der Waals surface area contributed by atoms with Crippen molar-refractivity contribution in [3.8, 4) is 0 Å². The second-order valence-corrected chi connectivity index (χ2v) is 7.78. The van der Waals surface area contributed by atoms with Gasteiger partial charge in [-0.1, -0.05) is 66.7 Å². The lowest BCUT2D eigenvalue weighted by Gasteiger charge is -2.08. The monoisotopic (exact) mass is 442 g/mol. The molecule has 4 aromatic rings. The van der Waals surface area contributed by atoms with E-state index in [0.717, 1.165) is 24.1 Å². The van der Waals surface area contributed by atoms with Gasteiger partial charge in [-0.05, 0) is 37.0 Å². The number of hydrogen-bond acceptors (Lipinski definition) is 5. The number of H-pyrrole nitrogens is 1. The number of anilines is 1. The Morgan fingerprint density at radius 2 is 1.79 bits per heavy atom. The van der Waals surface area contributed by atoms with Crippen molar-refractivity contribution in [2.24, 2.45) is 12.1 Å². The van der Waals surface area contributed by atoms with Gasteiger partial charge in [0.1, 0.15) is 0 Å². The summed E-state index contributed by atoms with van der Waals surface area (Å²) in [5.74, 6) is 0.414. The number of nitrogens with one attached hydrogen (secondary N) is 2. The predicted octanol–water partition coefficient (Wildman–Crippen LogP) is 3.56. The molecule has 0 atom stereocenters. The van der Waals surface area contributed by atoms with E-state index >= 15 is 0 Å². The summed E-state index contributed by atoms with van der Waals surface area (Å²) < 4.78 is 3.12. The molecule has 0 spiro atoms. The lowest BCUT2D eigenvalue weighted by molar-refractivity contribution is 0.659. The normalized spacial score (nSPS) is 12.0. The zero-order valence-corrected chi connectivity index (χ0v) is 18.7. The van der Waals surface area contributed by atoms with E-state index in [2.05, 4.69) is 32.6 Å². The van der Waals surface area contributed by atoms with Crippen LogP contribution < -0.4 is 16.7 Å². The molecule has 8 nitrogen and oxygen atoms in total. The fourth-order valence-corrected chi connectivity index (χ4v) is 3.58. The Balaban J connectivity index is 1.61. The number of hydrazone groups is 1. The number of allylic oxidation sites excluding steroid dienone is 1. The molecule has 0 bridgehead atoms. The third-order valence-electron chi connectivity index (χ3n) is 5.35. The summed E-state index contributed by atoms with van der Waals surface area (Å²) in [4.78, 5) is 31.5. The molecular formula is C25H26N6O2. The van der Waals surface area contributed by atoms with Gasteiger partial charge in [0, 0.05) is 13.6 Å². The largest absolute Gasteiger partial charge is 0.329 e. The van der Waals surface area contributed by atoms with Gasteiger partial charge in [-0.3, -0.25) is 14.3 Å². The summed E-state index contributed by atoms with van der Waals surface area (Å²) in [5.41, 5.74) is 5.72. The number of aryl methyl sites for hydroxylation is 3. The molecule has 0 aliphatic heterocycles. The zero-order valence-electron chi connectivity index (χ0n) is 18.7. The van der Waals surface area contributed by atoms with E-state index in [1.807, 2.05) is 67.6 Å². The second-order valence-electron chi connectivity index (χ2n) is 7.78. The molecule has 0 radical (unpaired) electrons. The highest BCUT2D eigenvalue weighted by atomic mass is 16.2. The van der Waals surface area contributed by atoms with Gasteiger partial charge in [-0.2, -0.15) is 10.1 Å². The summed E-state index contributed by atoms with van der Waals surface area (Å²) in [5, 5.41) is 4.41. The summed E-state index contributed by atoms with van der Waals surface area (Å²) in [6, 6.07) is 20.1. The van der Waals surface area contributed by atoms with Crippen LogP contribution in [-0.4, -0.2) is 24.8 Å². The van der Waals surface area contributed by atoms with E-state index in [4.69, 9.17) is 0 Å². The molecule has 0 saturated carbocycles.